The van der Waals surface area contributed by atoms with E-state index in [-0.39, 0.29) is 34.9 Å². The first-order chi connectivity index (χ1) is 16.6. The summed E-state index contributed by atoms with van der Waals surface area (Å²) in [7, 11) is 1.56. The molecular weight excluding hydrogens is 449 g/mol. The van der Waals surface area contributed by atoms with Crippen LogP contribution in [-0.4, -0.2) is 45.9 Å². The number of aliphatic hydroxyl groups is 1. The molecule has 0 saturated carbocycles. The molecule has 6 nitrogen and oxygen atoms in total. The van der Waals surface area contributed by atoms with Crippen LogP contribution in [0.3, 0.4) is 0 Å². The number of hydrogen-bond donors (Lipinski definition) is 2. The SMILES string of the molecule is COc1ccc(C2=C(O)/C(=C/C3=[N+](CCCCCC(=O)O)c4ccc(F)cc4C3(C)C)C2=O)cc1. The highest BCUT2D eigenvalue weighted by molar-refractivity contribution is 6.40. The topological polar surface area (TPSA) is 86.8 Å². The number of rotatable bonds is 9. The molecule has 0 bridgehead atoms. The van der Waals surface area contributed by atoms with Crippen LogP contribution in [0.15, 0.2) is 59.9 Å². The van der Waals surface area contributed by atoms with Crippen LogP contribution in [0, 0.1) is 5.82 Å². The summed E-state index contributed by atoms with van der Waals surface area (Å²) in [5, 5.41) is 19.7. The van der Waals surface area contributed by atoms with Crippen molar-refractivity contribution >= 4 is 28.7 Å². The Morgan fingerprint density at radius 1 is 1.11 bits per heavy atom. The van der Waals surface area contributed by atoms with Crippen molar-refractivity contribution in [3.8, 4) is 5.75 Å². The van der Waals surface area contributed by atoms with Crippen molar-refractivity contribution < 1.29 is 33.5 Å². The van der Waals surface area contributed by atoms with Crippen LogP contribution in [-0.2, 0) is 15.0 Å². The van der Waals surface area contributed by atoms with E-state index >= 15 is 0 Å². The minimum absolute atomic E-state index is 0.0630. The van der Waals surface area contributed by atoms with Crippen molar-refractivity contribution in [2.75, 3.05) is 13.7 Å². The number of carboxylic acid groups (broad SMARTS) is 1. The molecule has 35 heavy (non-hydrogen) atoms. The molecule has 0 saturated heterocycles. The number of aliphatic hydroxyl groups excluding tert-OH is 1. The van der Waals surface area contributed by atoms with Crippen LogP contribution in [0.2, 0.25) is 0 Å². The lowest BCUT2D eigenvalue weighted by Crippen LogP contribution is -2.31. The number of carbonyl (C=O) groups excluding carboxylic acids is 1. The van der Waals surface area contributed by atoms with Crippen molar-refractivity contribution in [2.45, 2.75) is 44.9 Å². The van der Waals surface area contributed by atoms with E-state index < -0.39 is 11.4 Å². The van der Waals surface area contributed by atoms with Gasteiger partial charge in [0.2, 0.25) is 11.5 Å². The summed E-state index contributed by atoms with van der Waals surface area (Å²) in [6.07, 6.45) is 3.87. The van der Waals surface area contributed by atoms with Crippen LogP contribution in [0.4, 0.5) is 10.1 Å². The third kappa shape index (κ3) is 4.50. The molecule has 7 heteroatoms. The second kappa shape index (κ2) is 9.49. The van der Waals surface area contributed by atoms with Gasteiger partial charge in [0.25, 0.3) is 0 Å². The number of nitrogens with zero attached hydrogens (tertiary/aromatic N) is 1. The summed E-state index contributed by atoms with van der Waals surface area (Å²) in [6, 6.07) is 11.6. The summed E-state index contributed by atoms with van der Waals surface area (Å²) in [4.78, 5) is 23.9. The van der Waals surface area contributed by atoms with E-state index in [1.807, 2.05) is 13.8 Å². The molecule has 0 spiro atoms. The highest BCUT2D eigenvalue weighted by Crippen LogP contribution is 2.43. The zero-order valence-corrected chi connectivity index (χ0v) is 20.1. The maximum absolute atomic E-state index is 14.1. The average Bonchev–Trinajstić information content (AvgIpc) is 3.03. The van der Waals surface area contributed by atoms with E-state index in [0.717, 1.165) is 29.8 Å². The normalized spacial score (nSPS) is 17.6. The number of benzene rings is 2. The highest BCUT2D eigenvalue weighted by atomic mass is 19.1. The van der Waals surface area contributed by atoms with Gasteiger partial charge in [0.05, 0.1) is 23.7 Å². The largest absolute Gasteiger partial charge is 0.506 e. The van der Waals surface area contributed by atoms with E-state index in [0.29, 0.717) is 24.3 Å². The Hall–Kier alpha value is -3.74. The molecular formula is C28H29FNO5+. The zero-order valence-electron chi connectivity index (χ0n) is 20.1. The Morgan fingerprint density at radius 3 is 2.46 bits per heavy atom. The van der Waals surface area contributed by atoms with E-state index in [1.54, 1.807) is 43.5 Å². The summed E-state index contributed by atoms with van der Waals surface area (Å²) >= 11 is 0. The first kappa shape index (κ1) is 24.4. The number of aliphatic carboxylic acids is 1. The molecule has 0 unspecified atom stereocenters. The third-order valence-electron chi connectivity index (χ3n) is 6.75. The number of Topliss-reactive ketones (excluding diaryl/α,β-unsaturated/α-hetero) is 1. The number of methoxy groups -OCH3 is 1. The molecule has 1 aliphatic carbocycles. The van der Waals surface area contributed by atoms with Crippen molar-refractivity contribution in [1.82, 2.24) is 0 Å². The van der Waals surface area contributed by atoms with Crippen LogP contribution in [0.1, 0.15) is 50.7 Å². The molecule has 4 rings (SSSR count). The number of fused-ring (bicyclic) bond motifs is 1. The molecule has 0 radical (unpaired) electrons. The zero-order chi connectivity index (χ0) is 25.3. The Kier molecular flexibility index (Phi) is 6.61. The van der Waals surface area contributed by atoms with Gasteiger partial charge in [0, 0.05) is 30.5 Å². The lowest BCUT2D eigenvalue weighted by Gasteiger charge is -2.23. The lowest BCUT2D eigenvalue weighted by molar-refractivity contribution is -0.438. The number of allylic oxidation sites excluding steroid dienone is 3. The predicted octanol–water partition coefficient (Wildman–Crippen LogP) is 5.33. The van der Waals surface area contributed by atoms with E-state index in [1.165, 1.54) is 12.1 Å². The number of ether oxygens (including phenoxy) is 1. The maximum Gasteiger partial charge on any atom is 0.303 e. The first-order valence-corrected chi connectivity index (χ1v) is 11.7. The van der Waals surface area contributed by atoms with Crippen molar-refractivity contribution in [3.05, 3.63) is 76.8 Å². The van der Waals surface area contributed by atoms with Crippen LogP contribution in [0.5, 0.6) is 5.75 Å². The summed E-state index contributed by atoms with van der Waals surface area (Å²) < 4.78 is 21.3. The Labute approximate surface area is 203 Å². The quantitative estimate of drug-likeness (QED) is 0.289. The monoisotopic (exact) mass is 478 g/mol. The van der Waals surface area contributed by atoms with Crippen molar-refractivity contribution in [3.63, 3.8) is 0 Å². The van der Waals surface area contributed by atoms with Gasteiger partial charge < -0.3 is 14.9 Å². The molecule has 0 aromatic heterocycles. The molecule has 182 valence electrons. The number of unbranched alkanes of at least 4 members (excludes halogenated alkanes) is 2. The molecule has 2 aliphatic rings. The number of carbonyl (C=O) groups is 2. The van der Waals surface area contributed by atoms with E-state index in [9.17, 15) is 19.1 Å². The Balaban J connectivity index is 1.69. The smallest absolute Gasteiger partial charge is 0.303 e. The molecule has 2 N–H and O–H groups in total. The molecule has 0 fully saturated rings. The van der Waals surface area contributed by atoms with Gasteiger partial charge in [-0.25, -0.2) is 4.39 Å². The van der Waals surface area contributed by atoms with Gasteiger partial charge in [0.15, 0.2) is 5.71 Å². The number of ketones is 1. The molecule has 2 aromatic rings. The fourth-order valence-electron chi connectivity index (χ4n) is 4.79. The molecule has 0 amide bonds. The van der Waals surface area contributed by atoms with Gasteiger partial charge in [-0.3, -0.25) is 9.59 Å². The number of carboxylic acids is 1. The maximum atomic E-state index is 14.1. The second-order valence-corrected chi connectivity index (χ2v) is 9.37. The fourth-order valence-corrected chi connectivity index (χ4v) is 4.79. The van der Waals surface area contributed by atoms with Gasteiger partial charge >= 0.3 is 5.97 Å². The Morgan fingerprint density at radius 2 is 1.83 bits per heavy atom. The van der Waals surface area contributed by atoms with Gasteiger partial charge in [-0.05, 0) is 56.5 Å². The van der Waals surface area contributed by atoms with Crippen molar-refractivity contribution in [2.24, 2.45) is 0 Å². The van der Waals surface area contributed by atoms with Crippen LogP contribution in [0.25, 0.3) is 5.57 Å². The van der Waals surface area contributed by atoms with Crippen LogP contribution < -0.4 is 4.74 Å². The molecule has 0 atom stereocenters. The number of halogens is 1. The lowest BCUT2D eigenvalue weighted by atomic mass is 9.77. The molecule has 2 aromatic carbocycles. The third-order valence-corrected chi connectivity index (χ3v) is 6.75. The van der Waals surface area contributed by atoms with Crippen LogP contribution >= 0.6 is 0 Å². The minimum atomic E-state index is -0.816. The van der Waals surface area contributed by atoms with E-state index in [4.69, 9.17) is 9.84 Å². The first-order valence-electron chi connectivity index (χ1n) is 11.7. The predicted molar refractivity (Wildman–Crippen MR) is 131 cm³/mol. The molecule has 1 heterocycles. The van der Waals surface area contributed by atoms with Gasteiger partial charge in [-0.15, -0.1) is 0 Å². The summed E-state index contributed by atoms with van der Waals surface area (Å²) in [5.74, 6) is -0.810. The minimum Gasteiger partial charge on any atom is -0.506 e. The summed E-state index contributed by atoms with van der Waals surface area (Å²) in [6.45, 7) is 4.53. The van der Waals surface area contributed by atoms with Crippen molar-refractivity contribution in [1.29, 1.82) is 0 Å². The molecule has 1 aliphatic heterocycles. The van der Waals surface area contributed by atoms with Gasteiger partial charge in [-0.1, -0.05) is 12.1 Å². The highest BCUT2D eigenvalue weighted by Gasteiger charge is 2.46. The second-order valence-electron chi connectivity index (χ2n) is 9.37. The Bertz CT molecular complexity index is 1280. The van der Waals surface area contributed by atoms with Gasteiger partial charge in [0.1, 0.15) is 23.9 Å². The average molecular weight is 479 g/mol. The summed E-state index contributed by atoms with van der Waals surface area (Å²) in [5.41, 5.74) is 2.96. The number of hydrogen-bond acceptors (Lipinski definition) is 4. The van der Waals surface area contributed by atoms with Gasteiger partial charge in [-0.2, -0.15) is 4.58 Å². The fraction of sp³-hybridized carbons (Fsp3) is 0.321. The van der Waals surface area contributed by atoms with E-state index in [2.05, 4.69) is 4.58 Å². The standard InChI is InChI=1S/C28H28FNO5/c1-28(2)21-15-18(29)10-13-22(21)30(14-6-4-5-7-24(31)32)23(28)16-20-26(33)25(27(20)34)17-8-11-19(35-3)12-9-17/h8-13,15-16H,4-7,14H2,1-3H3,(H-,31,32,33,34)/p+1.